The van der Waals surface area contributed by atoms with Gasteiger partial charge in [-0.3, -0.25) is 4.57 Å². The molecule has 6 heteroatoms. The minimum absolute atomic E-state index is 0.772. The van der Waals surface area contributed by atoms with Gasteiger partial charge in [-0.1, -0.05) is 127 Å². The molecule has 0 amide bonds. The van der Waals surface area contributed by atoms with Gasteiger partial charge in [0.1, 0.15) is 11.2 Å². The molecule has 6 nitrogen and oxygen atoms in total. The summed E-state index contributed by atoms with van der Waals surface area (Å²) >= 11 is 0. The largest absolute Gasteiger partial charge is 0.456 e. The summed E-state index contributed by atoms with van der Waals surface area (Å²) in [4.78, 5) is 0. The Bertz CT molecular complexity index is 3480. The number of hydrogen-bond donors (Lipinski definition) is 0. The van der Waals surface area contributed by atoms with Crippen molar-refractivity contribution in [3.05, 3.63) is 188 Å². The van der Waals surface area contributed by atoms with Crippen molar-refractivity contribution in [2.45, 2.75) is 0 Å². The molecule has 0 radical (unpaired) electrons. The van der Waals surface area contributed by atoms with Crippen molar-refractivity contribution >= 4 is 65.6 Å². The first-order valence-corrected chi connectivity index (χ1v) is 18.8. The third-order valence-corrected chi connectivity index (χ3v) is 11.2. The second-order valence-corrected chi connectivity index (χ2v) is 14.2. The summed E-state index contributed by atoms with van der Waals surface area (Å²) in [5.41, 5.74) is 11.3. The van der Waals surface area contributed by atoms with Crippen LogP contribution in [0.25, 0.3) is 105 Å². The average Bonchev–Trinajstić information content (AvgIpc) is 4.03. The predicted octanol–water partition coefficient (Wildman–Crippen LogP) is 12.7. The molecule has 0 fully saturated rings. The van der Waals surface area contributed by atoms with Gasteiger partial charge in [-0.25, -0.2) is 0 Å². The molecular weight excluding hydrogens is 687 g/mol. The van der Waals surface area contributed by atoms with E-state index in [-0.39, 0.29) is 0 Å². The topological polar surface area (TPSA) is 53.7 Å². The summed E-state index contributed by atoms with van der Waals surface area (Å²) in [7, 11) is 0. The maximum absolute atomic E-state index is 6.40. The molecule has 0 aliphatic heterocycles. The monoisotopic (exact) mass is 717 g/mol. The van der Waals surface area contributed by atoms with Gasteiger partial charge in [-0.15, -0.1) is 10.2 Å². The molecule has 0 atom stereocenters. The Morgan fingerprint density at radius 3 is 1.73 bits per heavy atom. The van der Waals surface area contributed by atoms with Gasteiger partial charge in [0.25, 0.3) is 0 Å². The minimum Gasteiger partial charge on any atom is -0.456 e. The van der Waals surface area contributed by atoms with Crippen molar-refractivity contribution in [3.8, 4) is 39.8 Å². The van der Waals surface area contributed by atoms with Crippen LogP contribution in [0.2, 0.25) is 0 Å². The highest BCUT2D eigenvalue weighted by Crippen LogP contribution is 2.43. The second-order valence-electron chi connectivity index (χ2n) is 14.2. The lowest BCUT2D eigenvalue weighted by Crippen LogP contribution is -2.05. The van der Waals surface area contributed by atoms with Crippen molar-refractivity contribution in [2.75, 3.05) is 0 Å². The Morgan fingerprint density at radius 2 is 0.946 bits per heavy atom. The summed E-state index contributed by atoms with van der Waals surface area (Å²) < 4.78 is 13.4. The lowest BCUT2D eigenvalue weighted by Gasteiger charge is -2.18. The summed E-state index contributed by atoms with van der Waals surface area (Å²) in [6.45, 7) is 0. The van der Waals surface area contributed by atoms with Crippen molar-refractivity contribution in [1.82, 2.24) is 23.9 Å². The molecule has 0 aliphatic carbocycles. The van der Waals surface area contributed by atoms with Gasteiger partial charge in [-0.05, 0) is 60.7 Å². The molecule has 0 aliphatic rings. The molecule has 0 spiro atoms. The molecule has 12 aromatic rings. The van der Waals surface area contributed by atoms with Gasteiger partial charge in [0.15, 0.2) is 11.6 Å². The van der Waals surface area contributed by atoms with E-state index in [1.165, 1.54) is 10.8 Å². The first kappa shape index (κ1) is 30.7. The number of rotatable bonds is 5. The zero-order valence-corrected chi connectivity index (χ0v) is 30.0. The lowest BCUT2D eigenvalue weighted by atomic mass is 10.1. The molecule has 8 aromatic carbocycles. The fourth-order valence-corrected chi connectivity index (χ4v) is 8.79. The first-order valence-electron chi connectivity index (χ1n) is 18.8. The van der Waals surface area contributed by atoms with Crippen LogP contribution >= 0.6 is 0 Å². The SMILES string of the molecule is c1ccc(-c2nnc(-c3cccc4c5ccccc5n(-c5ccccc5-n5c6ccccc6c6cc7oc8ccccc8c7cc65)c34)n2-c2ccccc2)cc1. The molecule has 0 saturated heterocycles. The number of para-hydroxylation sites is 7. The number of nitrogens with zero attached hydrogens (tertiary/aromatic N) is 5. The van der Waals surface area contributed by atoms with Gasteiger partial charge in [0.05, 0.1) is 33.4 Å². The molecule has 4 heterocycles. The van der Waals surface area contributed by atoms with Crippen molar-refractivity contribution in [1.29, 1.82) is 0 Å². The zero-order valence-electron chi connectivity index (χ0n) is 30.0. The van der Waals surface area contributed by atoms with Crippen LogP contribution in [0.1, 0.15) is 0 Å². The van der Waals surface area contributed by atoms with E-state index in [0.717, 1.165) is 94.6 Å². The third-order valence-electron chi connectivity index (χ3n) is 11.2. The Kier molecular flexibility index (Phi) is 6.53. The number of benzene rings is 8. The zero-order chi connectivity index (χ0) is 36.7. The highest BCUT2D eigenvalue weighted by Gasteiger charge is 2.25. The molecule has 0 N–H and O–H groups in total. The lowest BCUT2D eigenvalue weighted by molar-refractivity contribution is 0.669. The highest BCUT2D eigenvalue weighted by atomic mass is 16.3. The van der Waals surface area contributed by atoms with E-state index in [1.54, 1.807) is 0 Å². The van der Waals surface area contributed by atoms with E-state index in [4.69, 9.17) is 14.6 Å². The first-order chi connectivity index (χ1) is 27.8. The fourth-order valence-electron chi connectivity index (χ4n) is 8.79. The van der Waals surface area contributed by atoms with Crippen LogP contribution in [-0.4, -0.2) is 23.9 Å². The Hall–Kier alpha value is -7.70. The fraction of sp³-hybridized carbons (Fsp3) is 0. The van der Waals surface area contributed by atoms with Gasteiger partial charge in [0.2, 0.25) is 0 Å². The third kappa shape index (κ3) is 4.38. The maximum Gasteiger partial charge on any atom is 0.171 e. The van der Waals surface area contributed by atoms with E-state index in [2.05, 4.69) is 165 Å². The smallest absolute Gasteiger partial charge is 0.171 e. The van der Waals surface area contributed by atoms with E-state index in [1.807, 2.05) is 36.4 Å². The molecular formula is C50H31N5O. The summed E-state index contributed by atoms with van der Waals surface area (Å²) in [6.07, 6.45) is 0. The predicted molar refractivity (Wildman–Crippen MR) is 228 cm³/mol. The van der Waals surface area contributed by atoms with E-state index in [9.17, 15) is 0 Å². The van der Waals surface area contributed by atoms with Gasteiger partial charge in [0, 0.05) is 49.1 Å². The standard InChI is InChI=1S/C50H31N5O/c1-3-16-32(17-4-1)49-51-52-50(53(49)33-18-5-2-6-19-33)38-24-15-23-37-34-20-7-11-26-42(34)55(48(37)38)44-28-13-12-27-43(44)54-41-25-10-8-21-35(41)39-31-47-40(30-45(39)54)36-22-9-14-29-46(36)56-47/h1-31H. The van der Waals surface area contributed by atoms with Crippen molar-refractivity contribution in [2.24, 2.45) is 0 Å². The number of aromatic nitrogens is 5. The normalized spacial score (nSPS) is 11.9. The number of furan rings is 1. The van der Waals surface area contributed by atoms with Gasteiger partial charge < -0.3 is 13.6 Å². The average molecular weight is 718 g/mol. The van der Waals surface area contributed by atoms with Crippen LogP contribution in [0, 0.1) is 0 Å². The van der Waals surface area contributed by atoms with Crippen molar-refractivity contribution < 1.29 is 4.42 Å². The molecule has 262 valence electrons. The van der Waals surface area contributed by atoms with Gasteiger partial charge >= 0.3 is 0 Å². The quantitative estimate of drug-likeness (QED) is 0.178. The number of hydrogen-bond acceptors (Lipinski definition) is 3. The van der Waals surface area contributed by atoms with Crippen LogP contribution in [0.15, 0.2) is 192 Å². The van der Waals surface area contributed by atoms with E-state index >= 15 is 0 Å². The van der Waals surface area contributed by atoms with Crippen LogP contribution in [0.4, 0.5) is 0 Å². The van der Waals surface area contributed by atoms with E-state index in [0.29, 0.717) is 0 Å². The van der Waals surface area contributed by atoms with Crippen LogP contribution < -0.4 is 0 Å². The molecule has 12 rings (SSSR count). The Balaban J connectivity index is 1.19. The minimum atomic E-state index is 0.772. The van der Waals surface area contributed by atoms with Gasteiger partial charge in [-0.2, -0.15) is 0 Å². The summed E-state index contributed by atoms with van der Waals surface area (Å²) in [5, 5.41) is 16.7. The molecule has 0 bridgehead atoms. The Labute approximate surface area is 320 Å². The molecule has 0 saturated carbocycles. The van der Waals surface area contributed by atoms with Crippen LogP contribution in [0.3, 0.4) is 0 Å². The highest BCUT2D eigenvalue weighted by molar-refractivity contribution is 6.18. The maximum atomic E-state index is 6.40. The number of fused-ring (bicyclic) bond motifs is 9. The molecule has 4 aromatic heterocycles. The summed E-state index contributed by atoms with van der Waals surface area (Å²) in [5.74, 6) is 1.56. The summed E-state index contributed by atoms with van der Waals surface area (Å²) in [6, 6.07) is 66.2. The second kappa shape index (κ2) is 11.9. The Morgan fingerprint density at radius 1 is 0.357 bits per heavy atom. The van der Waals surface area contributed by atoms with Crippen LogP contribution in [0.5, 0.6) is 0 Å². The molecule has 56 heavy (non-hydrogen) atoms. The molecule has 0 unspecified atom stereocenters. The van der Waals surface area contributed by atoms with E-state index < -0.39 is 0 Å². The van der Waals surface area contributed by atoms with Crippen LogP contribution in [-0.2, 0) is 0 Å². The van der Waals surface area contributed by atoms with Crippen molar-refractivity contribution in [3.63, 3.8) is 0 Å².